The van der Waals surface area contributed by atoms with Crippen molar-refractivity contribution in [3.63, 3.8) is 0 Å². The molecule has 2 N–H and O–H groups in total. The lowest BCUT2D eigenvalue weighted by atomic mass is 9.99. The maximum absolute atomic E-state index is 13.7. The van der Waals surface area contributed by atoms with E-state index < -0.39 is 16.1 Å². The van der Waals surface area contributed by atoms with Crippen molar-refractivity contribution in [3.8, 4) is 5.75 Å². The first-order valence-corrected chi connectivity index (χ1v) is 15.6. The van der Waals surface area contributed by atoms with E-state index in [9.17, 15) is 18.3 Å². The molecule has 41 heavy (non-hydrogen) atoms. The number of amides is 1. The summed E-state index contributed by atoms with van der Waals surface area (Å²) in [7, 11) is -1.90. The molecule has 0 fully saturated rings. The zero-order valence-corrected chi connectivity index (χ0v) is 25.8. The van der Waals surface area contributed by atoms with Crippen molar-refractivity contribution < 1.29 is 23.1 Å². The van der Waals surface area contributed by atoms with Crippen LogP contribution in [0.3, 0.4) is 0 Å². The van der Waals surface area contributed by atoms with Gasteiger partial charge in [0.15, 0.2) is 0 Å². The zero-order chi connectivity index (χ0) is 29.9. The molecule has 3 aromatic rings. The van der Waals surface area contributed by atoms with Crippen LogP contribution in [0.15, 0.2) is 65.6 Å². The van der Waals surface area contributed by atoms with E-state index in [-0.39, 0.29) is 40.7 Å². The molecule has 0 unspecified atom stereocenters. The standard InChI is InChI=1S/C30H35Cl2N3O5S/c1-19-5-9-24(10-6-19)41(38,39)33-23-8-12-28-25(14-23)30(37)35(21(3)18-36)15-20(2)29(40-28)17-34(4)16-22-7-11-26(31)27(32)13-22/h5-14,20-21,29,33,36H,15-18H2,1-4H3/t20-,21+,29-/m0/s1. The highest BCUT2D eigenvalue weighted by Gasteiger charge is 2.33. The Balaban J connectivity index is 1.62. The number of carbonyl (C=O) groups is 1. The Labute approximate surface area is 251 Å². The molecular weight excluding hydrogens is 585 g/mol. The minimum absolute atomic E-state index is 0.0722. The highest BCUT2D eigenvalue weighted by molar-refractivity contribution is 7.92. The first-order chi connectivity index (χ1) is 19.4. The number of hydrogen-bond donors (Lipinski definition) is 2. The molecule has 3 aromatic carbocycles. The first kappa shape index (κ1) is 31.1. The van der Waals surface area contributed by atoms with Gasteiger partial charge in [-0.05, 0) is 68.9 Å². The molecule has 0 bridgehead atoms. The molecule has 1 heterocycles. The number of aliphatic hydroxyl groups is 1. The Bertz CT molecular complexity index is 1500. The van der Waals surface area contributed by atoms with E-state index in [1.54, 1.807) is 42.2 Å². The van der Waals surface area contributed by atoms with Crippen LogP contribution in [0.2, 0.25) is 10.0 Å². The number of nitrogens with one attached hydrogen (secondary N) is 1. The number of likely N-dealkylation sites (N-methyl/N-ethyl adjacent to an activating group) is 1. The molecule has 0 radical (unpaired) electrons. The number of halogens is 2. The highest BCUT2D eigenvalue weighted by Crippen LogP contribution is 2.32. The normalized spacial score (nSPS) is 18.3. The molecule has 11 heteroatoms. The summed E-state index contributed by atoms with van der Waals surface area (Å²) in [5.41, 5.74) is 2.40. The summed E-state index contributed by atoms with van der Waals surface area (Å²) in [5, 5.41) is 10.9. The lowest BCUT2D eigenvalue weighted by molar-refractivity contribution is 0.0341. The number of carbonyl (C=O) groups excluding carboxylic acids is 1. The fourth-order valence-corrected chi connectivity index (χ4v) is 6.13. The number of benzene rings is 3. The maximum Gasteiger partial charge on any atom is 0.261 e. The van der Waals surface area contributed by atoms with Crippen LogP contribution in [0.1, 0.15) is 35.3 Å². The quantitative estimate of drug-likeness (QED) is 0.330. The first-order valence-electron chi connectivity index (χ1n) is 13.3. The molecule has 1 aliphatic heterocycles. The van der Waals surface area contributed by atoms with Crippen LogP contribution in [0, 0.1) is 12.8 Å². The zero-order valence-electron chi connectivity index (χ0n) is 23.5. The number of nitrogens with zero attached hydrogens (tertiary/aromatic N) is 2. The van der Waals surface area contributed by atoms with Crippen molar-refractivity contribution >= 4 is 44.8 Å². The summed E-state index contributed by atoms with van der Waals surface area (Å²) in [6.07, 6.45) is -0.307. The fourth-order valence-electron chi connectivity index (χ4n) is 4.76. The van der Waals surface area contributed by atoms with E-state index in [2.05, 4.69) is 9.62 Å². The molecule has 3 atom stereocenters. The van der Waals surface area contributed by atoms with Crippen molar-refractivity contribution in [2.24, 2.45) is 5.92 Å². The molecular formula is C30H35Cl2N3O5S. The van der Waals surface area contributed by atoms with Gasteiger partial charge in [-0.25, -0.2) is 8.42 Å². The molecule has 0 saturated carbocycles. The second-order valence-electron chi connectivity index (χ2n) is 10.7. The van der Waals surface area contributed by atoms with Gasteiger partial charge in [0.1, 0.15) is 11.9 Å². The molecule has 0 aromatic heterocycles. The summed E-state index contributed by atoms with van der Waals surface area (Å²) < 4.78 is 35.1. The SMILES string of the molecule is Cc1ccc(S(=O)(=O)Nc2ccc3c(c2)C(=O)N([C@H](C)CO)C[C@H](C)[C@H](CN(C)Cc2ccc(Cl)c(Cl)c2)O3)cc1. The Morgan fingerprint density at radius 3 is 2.46 bits per heavy atom. The van der Waals surface area contributed by atoms with E-state index in [1.807, 2.05) is 33.0 Å². The Kier molecular flexibility index (Phi) is 9.87. The van der Waals surface area contributed by atoms with Gasteiger partial charge in [-0.15, -0.1) is 0 Å². The van der Waals surface area contributed by atoms with Gasteiger partial charge in [0.2, 0.25) is 0 Å². The predicted molar refractivity (Wildman–Crippen MR) is 162 cm³/mol. The third kappa shape index (κ3) is 7.53. The van der Waals surface area contributed by atoms with E-state index in [0.29, 0.717) is 35.4 Å². The van der Waals surface area contributed by atoms with Crippen molar-refractivity contribution in [1.82, 2.24) is 9.80 Å². The van der Waals surface area contributed by atoms with E-state index in [0.717, 1.165) is 11.1 Å². The molecule has 4 rings (SSSR count). The molecule has 8 nitrogen and oxygen atoms in total. The summed E-state index contributed by atoms with van der Waals surface area (Å²) in [6, 6.07) is 16.3. The number of ether oxygens (including phenoxy) is 1. The minimum Gasteiger partial charge on any atom is -0.488 e. The summed E-state index contributed by atoms with van der Waals surface area (Å²) in [6.45, 7) is 6.95. The lowest BCUT2D eigenvalue weighted by Gasteiger charge is -2.38. The van der Waals surface area contributed by atoms with Crippen LogP contribution in [0.5, 0.6) is 5.75 Å². The largest absolute Gasteiger partial charge is 0.488 e. The number of aryl methyl sites for hydroxylation is 1. The van der Waals surface area contributed by atoms with Gasteiger partial charge in [-0.3, -0.25) is 14.4 Å². The van der Waals surface area contributed by atoms with E-state index >= 15 is 0 Å². The van der Waals surface area contributed by atoms with Crippen molar-refractivity contribution in [2.45, 2.75) is 44.4 Å². The van der Waals surface area contributed by atoms with E-state index in [4.69, 9.17) is 27.9 Å². The second-order valence-corrected chi connectivity index (χ2v) is 13.2. The third-order valence-corrected chi connectivity index (χ3v) is 9.31. The average Bonchev–Trinajstić information content (AvgIpc) is 2.92. The molecule has 0 spiro atoms. The van der Waals surface area contributed by atoms with Crippen LogP contribution >= 0.6 is 23.2 Å². The van der Waals surface area contributed by atoms with Crippen LogP contribution in [0.25, 0.3) is 0 Å². The van der Waals surface area contributed by atoms with Crippen LogP contribution in [0.4, 0.5) is 5.69 Å². The molecule has 1 aliphatic rings. The van der Waals surface area contributed by atoms with Crippen LogP contribution < -0.4 is 9.46 Å². The summed E-state index contributed by atoms with van der Waals surface area (Å²) >= 11 is 12.3. The minimum atomic E-state index is -3.88. The highest BCUT2D eigenvalue weighted by atomic mass is 35.5. The Morgan fingerprint density at radius 1 is 1.10 bits per heavy atom. The maximum atomic E-state index is 13.7. The number of sulfonamides is 1. The Morgan fingerprint density at radius 2 is 1.80 bits per heavy atom. The van der Waals surface area contributed by atoms with E-state index in [1.165, 1.54) is 18.2 Å². The number of hydrogen-bond acceptors (Lipinski definition) is 6. The van der Waals surface area contributed by atoms with Crippen LogP contribution in [-0.2, 0) is 16.6 Å². The number of fused-ring (bicyclic) bond motifs is 1. The van der Waals surface area contributed by atoms with Crippen molar-refractivity contribution in [2.75, 3.05) is 31.5 Å². The average molecular weight is 621 g/mol. The molecule has 0 saturated heterocycles. The van der Waals surface area contributed by atoms with Gasteiger partial charge in [0.25, 0.3) is 15.9 Å². The smallest absolute Gasteiger partial charge is 0.261 e. The summed E-state index contributed by atoms with van der Waals surface area (Å²) in [5.74, 6) is -0.0626. The number of rotatable bonds is 9. The molecule has 0 aliphatic carbocycles. The molecule has 220 valence electrons. The third-order valence-electron chi connectivity index (χ3n) is 7.18. The van der Waals surface area contributed by atoms with Gasteiger partial charge >= 0.3 is 0 Å². The predicted octanol–water partition coefficient (Wildman–Crippen LogP) is 5.45. The monoisotopic (exact) mass is 619 g/mol. The van der Waals surface area contributed by atoms with Gasteiger partial charge in [0.05, 0.1) is 33.2 Å². The van der Waals surface area contributed by atoms with Crippen molar-refractivity contribution in [1.29, 1.82) is 0 Å². The fraction of sp³-hybridized carbons (Fsp3) is 0.367. The number of aliphatic hydroxyl groups excluding tert-OH is 1. The van der Waals surface area contributed by atoms with Crippen molar-refractivity contribution in [3.05, 3.63) is 87.4 Å². The lowest BCUT2D eigenvalue weighted by Crippen LogP contribution is -2.49. The number of anilines is 1. The van der Waals surface area contributed by atoms with Gasteiger partial charge in [0, 0.05) is 31.2 Å². The van der Waals surface area contributed by atoms with Gasteiger partial charge in [-0.2, -0.15) is 0 Å². The summed E-state index contributed by atoms with van der Waals surface area (Å²) in [4.78, 5) is 17.6. The van der Waals surface area contributed by atoms with Gasteiger partial charge in [-0.1, -0.05) is 53.9 Å². The second kappa shape index (κ2) is 13.0. The topological polar surface area (TPSA) is 99.2 Å². The van der Waals surface area contributed by atoms with Crippen LogP contribution in [-0.4, -0.2) is 68.1 Å². The van der Waals surface area contributed by atoms with Gasteiger partial charge < -0.3 is 14.7 Å². The molecule has 1 amide bonds. The Hall–Kier alpha value is -2.82.